The van der Waals surface area contributed by atoms with Crippen molar-refractivity contribution in [1.82, 2.24) is 0 Å². The van der Waals surface area contributed by atoms with Crippen molar-refractivity contribution in [2.24, 2.45) is 0 Å². The zero-order valence-electron chi connectivity index (χ0n) is 11.3. The first kappa shape index (κ1) is 17.6. The lowest BCUT2D eigenvalue weighted by Crippen LogP contribution is -2.21. The number of hydrogen-bond acceptors (Lipinski definition) is 6. The van der Waals surface area contributed by atoms with Gasteiger partial charge in [0.1, 0.15) is 18.6 Å². The molecule has 23 heavy (non-hydrogen) atoms. The minimum Gasteiger partial charge on any atom is -0.479 e. The lowest BCUT2D eigenvalue weighted by molar-refractivity contribution is -0.136. The first-order valence-corrected chi connectivity index (χ1v) is 7.24. The Bertz CT molecular complexity index is 763. The van der Waals surface area contributed by atoms with Crippen molar-refractivity contribution in [2.75, 3.05) is 6.61 Å². The summed E-state index contributed by atoms with van der Waals surface area (Å²) in [5.41, 5.74) is -0.615. The number of aliphatic hydroxyl groups excluding tert-OH is 1. The number of aliphatic hydroxyl groups is 1. The standard InChI is InChI=1S/C14H9Cl3O6/c15-7-1-9(16)14(10(17)2-7)22-6-13(20)23-12-5-21-8(4-18)3-11(12)19/h1-3,5,18H,4,6H2. The van der Waals surface area contributed by atoms with Gasteiger partial charge in [-0.15, -0.1) is 0 Å². The second-order valence-corrected chi connectivity index (χ2v) is 5.45. The minimum absolute atomic E-state index is 0.0470. The molecule has 0 radical (unpaired) electrons. The highest BCUT2D eigenvalue weighted by molar-refractivity contribution is 6.40. The highest BCUT2D eigenvalue weighted by Gasteiger charge is 2.14. The summed E-state index contributed by atoms with van der Waals surface area (Å²) in [6.07, 6.45) is 0.925. The van der Waals surface area contributed by atoms with Gasteiger partial charge < -0.3 is 19.0 Å². The summed E-state index contributed by atoms with van der Waals surface area (Å²) in [4.78, 5) is 23.3. The van der Waals surface area contributed by atoms with Crippen LogP contribution in [0.3, 0.4) is 0 Å². The highest BCUT2D eigenvalue weighted by atomic mass is 35.5. The molecule has 0 aliphatic rings. The van der Waals surface area contributed by atoms with E-state index >= 15 is 0 Å². The van der Waals surface area contributed by atoms with Crippen molar-refractivity contribution in [1.29, 1.82) is 0 Å². The molecule has 0 unspecified atom stereocenters. The van der Waals surface area contributed by atoms with Crippen molar-refractivity contribution in [3.8, 4) is 11.5 Å². The molecule has 0 aliphatic carbocycles. The van der Waals surface area contributed by atoms with Crippen LogP contribution >= 0.6 is 34.8 Å². The van der Waals surface area contributed by atoms with Gasteiger partial charge in [0.15, 0.2) is 12.4 Å². The van der Waals surface area contributed by atoms with Crippen LogP contribution in [0.1, 0.15) is 5.76 Å². The Morgan fingerprint density at radius 1 is 1.17 bits per heavy atom. The van der Waals surface area contributed by atoms with Crippen molar-refractivity contribution in [2.45, 2.75) is 6.61 Å². The second kappa shape index (κ2) is 7.70. The molecule has 0 bridgehead atoms. The number of carbonyl (C=O) groups excluding carboxylic acids is 1. The lowest BCUT2D eigenvalue weighted by atomic mass is 10.3. The van der Waals surface area contributed by atoms with E-state index in [9.17, 15) is 9.59 Å². The van der Waals surface area contributed by atoms with Crippen LogP contribution in [0.5, 0.6) is 11.5 Å². The summed E-state index contributed by atoms with van der Waals surface area (Å²) in [6, 6.07) is 3.81. The maximum atomic E-state index is 11.7. The summed E-state index contributed by atoms with van der Waals surface area (Å²) in [6.45, 7) is -0.984. The van der Waals surface area contributed by atoms with Crippen LogP contribution in [0.2, 0.25) is 15.1 Å². The van der Waals surface area contributed by atoms with Crippen molar-refractivity contribution in [3.63, 3.8) is 0 Å². The highest BCUT2D eigenvalue weighted by Crippen LogP contribution is 2.35. The van der Waals surface area contributed by atoms with E-state index in [1.54, 1.807) is 0 Å². The molecule has 1 heterocycles. The van der Waals surface area contributed by atoms with Crippen LogP contribution < -0.4 is 14.9 Å². The summed E-state index contributed by atoms with van der Waals surface area (Å²) in [7, 11) is 0. The van der Waals surface area contributed by atoms with Gasteiger partial charge in [0.2, 0.25) is 11.2 Å². The molecule has 0 saturated heterocycles. The van der Waals surface area contributed by atoms with Gasteiger partial charge in [-0.1, -0.05) is 34.8 Å². The van der Waals surface area contributed by atoms with Gasteiger partial charge in [0.25, 0.3) is 0 Å². The van der Waals surface area contributed by atoms with Gasteiger partial charge >= 0.3 is 5.97 Å². The van der Waals surface area contributed by atoms with Crippen LogP contribution in [0, 0.1) is 0 Å². The molecular formula is C14H9Cl3O6. The number of hydrogen-bond donors (Lipinski definition) is 1. The number of ether oxygens (including phenoxy) is 2. The van der Waals surface area contributed by atoms with Crippen molar-refractivity contribution < 1.29 is 23.8 Å². The third-order valence-corrected chi connectivity index (χ3v) is 3.31. The summed E-state index contributed by atoms with van der Waals surface area (Å²) in [5, 5.41) is 9.39. The SMILES string of the molecule is O=C(COc1c(Cl)cc(Cl)cc1Cl)Oc1coc(CO)cc1=O. The fourth-order valence-electron chi connectivity index (χ4n) is 1.55. The molecule has 0 saturated carbocycles. The molecular weight excluding hydrogens is 371 g/mol. The van der Waals surface area contributed by atoms with E-state index in [1.807, 2.05) is 0 Å². The molecule has 9 heteroatoms. The van der Waals surface area contributed by atoms with E-state index in [2.05, 4.69) is 0 Å². The fourth-order valence-corrected chi connectivity index (χ4v) is 2.47. The first-order valence-electron chi connectivity index (χ1n) is 6.11. The van der Waals surface area contributed by atoms with Gasteiger partial charge in [-0.25, -0.2) is 4.79 Å². The first-order chi connectivity index (χ1) is 10.9. The van der Waals surface area contributed by atoms with E-state index in [-0.39, 0.29) is 27.3 Å². The normalized spacial score (nSPS) is 10.4. The predicted octanol–water partition coefficient (Wildman–Crippen LogP) is 3.08. The molecule has 0 fully saturated rings. The quantitative estimate of drug-likeness (QED) is 0.804. The largest absolute Gasteiger partial charge is 0.479 e. The number of rotatable bonds is 5. The van der Waals surface area contributed by atoms with Crippen LogP contribution in [-0.4, -0.2) is 17.7 Å². The maximum Gasteiger partial charge on any atom is 0.349 e. The van der Waals surface area contributed by atoms with Crippen LogP contribution in [-0.2, 0) is 11.4 Å². The molecule has 1 aromatic heterocycles. The minimum atomic E-state index is -0.865. The van der Waals surface area contributed by atoms with Crippen molar-refractivity contribution >= 4 is 40.8 Å². The van der Waals surface area contributed by atoms with Gasteiger partial charge in [-0.05, 0) is 12.1 Å². The maximum absolute atomic E-state index is 11.7. The zero-order chi connectivity index (χ0) is 17.0. The number of halogens is 3. The van der Waals surface area contributed by atoms with Gasteiger partial charge in [0, 0.05) is 11.1 Å². The van der Waals surface area contributed by atoms with Gasteiger partial charge in [-0.2, -0.15) is 0 Å². The molecule has 0 amide bonds. The molecule has 1 N–H and O–H groups in total. The molecule has 0 spiro atoms. The Balaban J connectivity index is 2.02. The van der Waals surface area contributed by atoms with Gasteiger partial charge in [0.05, 0.1) is 10.0 Å². The molecule has 122 valence electrons. The molecule has 2 aromatic rings. The van der Waals surface area contributed by atoms with E-state index in [0.717, 1.165) is 12.3 Å². The van der Waals surface area contributed by atoms with Crippen LogP contribution in [0.15, 0.2) is 33.7 Å². The lowest BCUT2D eigenvalue weighted by Gasteiger charge is -2.09. The smallest absolute Gasteiger partial charge is 0.349 e. The number of carbonyl (C=O) groups is 1. The van der Waals surface area contributed by atoms with Gasteiger partial charge in [-0.3, -0.25) is 4.79 Å². The predicted molar refractivity (Wildman–Crippen MR) is 83.5 cm³/mol. The Morgan fingerprint density at radius 3 is 2.39 bits per heavy atom. The molecule has 0 atom stereocenters. The molecule has 0 aliphatic heterocycles. The monoisotopic (exact) mass is 378 g/mol. The summed E-state index contributed by atoms with van der Waals surface area (Å²) in [5.74, 6) is -1.08. The van der Waals surface area contributed by atoms with E-state index in [0.29, 0.717) is 5.02 Å². The third kappa shape index (κ3) is 4.62. The Labute approximate surface area is 145 Å². The molecule has 1 aromatic carbocycles. The number of esters is 1. The Hall–Kier alpha value is -1.73. The summed E-state index contributed by atoms with van der Waals surface area (Å²) < 4.78 is 14.9. The van der Waals surface area contributed by atoms with E-state index in [1.165, 1.54) is 12.1 Å². The van der Waals surface area contributed by atoms with Crippen LogP contribution in [0.25, 0.3) is 0 Å². The topological polar surface area (TPSA) is 86.0 Å². The Kier molecular flexibility index (Phi) is 5.90. The van der Waals surface area contributed by atoms with E-state index in [4.69, 9.17) is 53.8 Å². The second-order valence-electron chi connectivity index (χ2n) is 4.19. The van der Waals surface area contributed by atoms with E-state index < -0.39 is 24.6 Å². The fraction of sp³-hybridized carbons (Fsp3) is 0.143. The number of benzene rings is 1. The summed E-state index contributed by atoms with van der Waals surface area (Å²) >= 11 is 17.6. The molecule has 6 nitrogen and oxygen atoms in total. The van der Waals surface area contributed by atoms with Crippen LogP contribution in [0.4, 0.5) is 0 Å². The average molecular weight is 380 g/mol. The molecule has 2 rings (SSSR count). The van der Waals surface area contributed by atoms with Crippen molar-refractivity contribution in [3.05, 3.63) is 55.5 Å². The zero-order valence-corrected chi connectivity index (χ0v) is 13.6. The average Bonchev–Trinajstić information content (AvgIpc) is 2.48. The Morgan fingerprint density at radius 2 is 1.83 bits per heavy atom. The third-order valence-electron chi connectivity index (χ3n) is 2.53.